The van der Waals surface area contributed by atoms with Crippen LogP contribution in [0.2, 0.25) is 0 Å². The van der Waals surface area contributed by atoms with Gasteiger partial charge in [0.1, 0.15) is 0 Å². The molecule has 6 nitrogen and oxygen atoms in total. The van der Waals surface area contributed by atoms with E-state index in [4.69, 9.17) is 9.47 Å². The van der Waals surface area contributed by atoms with Crippen molar-refractivity contribution in [2.75, 3.05) is 39.5 Å². The molecule has 1 aromatic heterocycles. The Labute approximate surface area is 166 Å². The number of benzene rings is 1. The smallest absolute Gasteiger partial charge is 0.231 e. The summed E-state index contributed by atoms with van der Waals surface area (Å²) in [5, 5.41) is 0. The number of aromatic nitrogens is 1. The molecule has 0 aliphatic carbocycles. The van der Waals surface area contributed by atoms with Gasteiger partial charge in [-0.3, -0.25) is 14.6 Å². The summed E-state index contributed by atoms with van der Waals surface area (Å²) in [4.78, 5) is 17.5. The number of nitrogens with zero attached hydrogens (tertiary/aromatic N) is 3. The number of piperazine rings is 1. The summed E-state index contributed by atoms with van der Waals surface area (Å²) in [6.45, 7) is 12.6. The van der Waals surface area contributed by atoms with Gasteiger partial charge in [-0.1, -0.05) is 6.07 Å². The van der Waals surface area contributed by atoms with Crippen molar-refractivity contribution in [1.29, 1.82) is 0 Å². The third-order valence-electron chi connectivity index (χ3n) is 5.87. The number of rotatable bonds is 6. The summed E-state index contributed by atoms with van der Waals surface area (Å²) in [7, 11) is 0. The van der Waals surface area contributed by atoms with E-state index < -0.39 is 0 Å². The van der Waals surface area contributed by atoms with Crippen LogP contribution < -0.4 is 9.47 Å². The molecule has 1 saturated heterocycles. The zero-order valence-electron chi connectivity index (χ0n) is 17.0. The summed E-state index contributed by atoms with van der Waals surface area (Å²) in [6.07, 6.45) is 0. The maximum Gasteiger partial charge on any atom is 0.231 e. The molecule has 0 saturated carbocycles. The molecule has 6 heteroatoms. The molecule has 28 heavy (non-hydrogen) atoms. The van der Waals surface area contributed by atoms with Gasteiger partial charge in [-0.05, 0) is 44.5 Å². The SMILES string of the molecule is CCn1c(C)cc(C(=O)CN2CCN(Cc3ccc4c(c3)OCO4)CC2)c1C. The topological polar surface area (TPSA) is 46.9 Å². The Balaban J connectivity index is 1.30. The van der Waals surface area contributed by atoms with Gasteiger partial charge in [0.2, 0.25) is 6.79 Å². The summed E-state index contributed by atoms with van der Waals surface area (Å²) in [5.41, 5.74) is 4.37. The fourth-order valence-electron chi connectivity index (χ4n) is 4.26. The van der Waals surface area contributed by atoms with Crippen LogP contribution in [-0.2, 0) is 13.1 Å². The van der Waals surface area contributed by atoms with E-state index in [1.54, 1.807) is 0 Å². The van der Waals surface area contributed by atoms with Crippen molar-refractivity contribution in [3.05, 3.63) is 46.8 Å². The summed E-state index contributed by atoms with van der Waals surface area (Å²) >= 11 is 0. The van der Waals surface area contributed by atoms with Crippen LogP contribution >= 0.6 is 0 Å². The van der Waals surface area contributed by atoms with Gasteiger partial charge in [0.25, 0.3) is 0 Å². The Kier molecular flexibility index (Phi) is 5.42. The minimum absolute atomic E-state index is 0.233. The first-order chi connectivity index (χ1) is 13.5. The van der Waals surface area contributed by atoms with Crippen LogP contribution in [0.25, 0.3) is 0 Å². The summed E-state index contributed by atoms with van der Waals surface area (Å²) < 4.78 is 13.1. The third-order valence-corrected chi connectivity index (χ3v) is 5.87. The Morgan fingerprint density at radius 1 is 1.00 bits per heavy atom. The van der Waals surface area contributed by atoms with Gasteiger partial charge in [0.15, 0.2) is 17.3 Å². The average molecular weight is 383 g/mol. The van der Waals surface area contributed by atoms with Crippen molar-refractivity contribution < 1.29 is 14.3 Å². The van der Waals surface area contributed by atoms with Gasteiger partial charge in [-0.2, -0.15) is 0 Å². The lowest BCUT2D eigenvalue weighted by Crippen LogP contribution is -2.47. The van der Waals surface area contributed by atoms with E-state index in [0.29, 0.717) is 13.3 Å². The van der Waals surface area contributed by atoms with E-state index in [9.17, 15) is 4.79 Å². The molecule has 0 amide bonds. The van der Waals surface area contributed by atoms with Gasteiger partial charge in [-0.15, -0.1) is 0 Å². The molecule has 0 N–H and O–H groups in total. The molecule has 2 aromatic rings. The highest BCUT2D eigenvalue weighted by atomic mass is 16.7. The van der Waals surface area contributed by atoms with Crippen molar-refractivity contribution in [3.8, 4) is 11.5 Å². The summed E-state index contributed by atoms with van der Waals surface area (Å²) in [5.74, 6) is 1.90. The predicted octanol–water partition coefficient (Wildman–Crippen LogP) is 2.85. The second-order valence-corrected chi connectivity index (χ2v) is 7.69. The first-order valence-electron chi connectivity index (χ1n) is 10.1. The van der Waals surface area contributed by atoms with Crippen molar-refractivity contribution in [1.82, 2.24) is 14.4 Å². The second-order valence-electron chi connectivity index (χ2n) is 7.69. The fourth-order valence-corrected chi connectivity index (χ4v) is 4.26. The van der Waals surface area contributed by atoms with E-state index in [0.717, 1.165) is 67.7 Å². The maximum atomic E-state index is 12.8. The van der Waals surface area contributed by atoms with E-state index in [1.807, 2.05) is 19.1 Å². The van der Waals surface area contributed by atoms with Crippen LogP contribution in [0.5, 0.6) is 11.5 Å². The highest BCUT2D eigenvalue weighted by Gasteiger charge is 2.22. The average Bonchev–Trinajstić information content (AvgIpc) is 3.26. The highest BCUT2D eigenvalue weighted by molar-refractivity contribution is 5.99. The van der Waals surface area contributed by atoms with Gasteiger partial charge >= 0.3 is 0 Å². The Morgan fingerprint density at radius 2 is 1.71 bits per heavy atom. The molecule has 0 radical (unpaired) electrons. The molecule has 0 spiro atoms. The van der Waals surface area contributed by atoms with Crippen molar-refractivity contribution in [2.45, 2.75) is 33.9 Å². The van der Waals surface area contributed by atoms with E-state index in [1.165, 1.54) is 5.56 Å². The zero-order chi connectivity index (χ0) is 19.7. The minimum atomic E-state index is 0.233. The number of carbonyl (C=O) groups excluding carboxylic acids is 1. The van der Waals surface area contributed by atoms with Crippen LogP contribution in [0.15, 0.2) is 24.3 Å². The molecule has 2 aliphatic heterocycles. The van der Waals surface area contributed by atoms with E-state index >= 15 is 0 Å². The standard InChI is InChI=1S/C22H29N3O3/c1-4-25-16(2)11-19(17(25)3)20(26)14-24-9-7-23(8-10-24)13-18-5-6-21-22(12-18)28-15-27-21/h5-6,11-12H,4,7-10,13-15H2,1-3H3. The number of ether oxygens (including phenoxy) is 2. The lowest BCUT2D eigenvalue weighted by Gasteiger charge is -2.34. The highest BCUT2D eigenvalue weighted by Crippen LogP contribution is 2.32. The molecule has 2 aliphatic rings. The first kappa shape index (κ1) is 19.0. The van der Waals surface area contributed by atoms with Crippen molar-refractivity contribution in [3.63, 3.8) is 0 Å². The van der Waals surface area contributed by atoms with E-state index in [-0.39, 0.29) is 5.78 Å². The lowest BCUT2D eigenvalue weighted by atomic mass is 10.1. The van der Waals surface area contributed by atoms with Crippen LogP contribution in [0.3, 0.4) is 0 Å². The fraction of sp³-hybridized carbons (Fsp3) is 0.500. The number of fused-ring (bicyclic) bond motifs is 1. The van der Waals surface area contributed by atoms with Gasteiger partial charge in [-0.25, -0.2) is 0 Å². The van der Waals surface area contributed by atoms with Crippen molar-refractivity contribution in [2.24, 2.45) is 0 Å². The van der Waals surface area contributed by atoms with Crippen LogP contribution in [-0.4, -0.2) is 59.7 Å². The predicted molar refractivity (Wildman–Crippen MR) is 108 cm³/mol. The van der Waals surface area contributed by atoms with Crippen LogP contribution in [0.4, 0.5) is 0 Å². The van der Waals surface area contributed by atoms with E-state index in [2.05, 4.69) is 40.3 Å². The minimum Gasteiger partial charge on any atom is -0.454 e. The van der Waals surface area contributed by atoms with Crippen molar-refractivity contribution >= 4 is 5.78 Å². The third kappa shape index (κ3) is 3.80. The van der Waals surface area contributed by atoms with Crippen LogP contribution in [0, 0.1) is 13.8 Å². The number of hydrogen-bond donors (Lipinski definition) is 0. The largest absolute Gasteiger partial charge is 0.454 e. The van der Waals surface area contributed by atoms with Gasteiger partial charge in [0.05, 0.1) is 6.54 Å². The number of aryl methyl sites for hydroxylation is 1. The Morgan fingerprint density at radius 3 is 2.43 bits per heavy atom. The van der Waals surface area contributed by atoms with Crippen LogP contribution in [0.1, 0.15) is 34.2 Å². The summed E-state index contributed by atoms with van der Waals surface area (Å²) in [6, 6.07) is 8.20. The molecule has 0 unspecified atom stereocenters. The van der Waals surface area contributed by atoms with Gasteiger partial charge < -0.3 is 14.0 Å². The lowest BCUT2D eigenvalue weighted by molar-refractivity contribution is 0.0843. The molecular weight excluding hydrogens is 354 g/mol. The van der Waals surface area contributed by atoms with Gasteiger partial charge in [0, 0.05) is 56.2 Å². The molecular formula is C22H29N3O3. The monoisotopic (exact) mass is 383 g/mol. The number of ketones is 1. The second kappa shape index (κ2) is 7.97. The molecule has 0 bridgehead atoms. The number of Topliss-reactive ketones (excluding diaryl/α,β-unsaturated/α-hetero) is 1. The molecule has 1 aromatic carbocycles. The maximum absolute atomic E-state index is 12.8. The zero-order valence-corrected chi connectivity index (χ0v) is 17.0. The number of hydrogen-bond acceptors (Lipinski definition) is 5. The first-order valence-corrected chi connectivity index (χ1v) is 10.1. The quantitative estimate of drug-likeness (QED) is 0.718. The number of carbonyl (C=O) groups is 1. The molecule has 1 fully saturated rings. The molecule has 3 heterocycles. The Bertz CT molecular complexity index is 866. The normalized spacial score (nSPS) is 17.2. The Hall–Kier alpha value is -2.31. The molecule has 4 rings (SSSR count). The molecule has 150 valence electrons. The molecule has 0 atom stereocenters.